The first-order chi connectivity index (χ1) is 8.75. The summed E-state index contributed by atoms with van der Waals surface area (Å²) in [5, 5.41) is 3.23. The summed E-state index contributed by atoms with van der Waals surface area (Å²) >= 11 is 0. The van der Waals surface area contributed by atoms with E-state index in [4.69, 9.17) is 4.74 Å². The van der Waals surface area contributed by atoms with E-state index in [1.807, 2.05) is 30.3 Å². The van der Waals surface area contributed by atoms with Gasteiger partial charge in [-0.1, -0.05) is 30.3 Å². The van der Waals surface area contributed by atoms with Crippen molar-refractivity contribution in [1.82, 2.24) is 10.2 Å². The fourth-order valence-corrected chi connectivity index (χ4v) is 2.07. The minimum absolute atomic E-state index is 0.0180. The maximum Gasteiger partial charge on any atom is 0.410 e. The molecule has 1 heterocycles. The van der Waals surface area contributed by atoms with Crippen LogP contribution < -0.4 is 5.32 Å². The van der Waals surface area contributed by atoms with Crippen LogP contribution >= 0.6 is 0 Å². The Morgan fingerprint density at radius 1 is 1.44 bits per heavy atom. The van der Waals surface area contributed by atoms with E-state index in [0.29, 0.717) is 6.54 Å². The zero-order valence-corrected chi connectivity index (χ0v) is 10.8. The van der Waals surface area contributed by atoms with Crippen LogP contribution in [0.15, 0.2) is 30.3 Å². The maximum atomic E-state index is 11.9. The standard InChI is InChI=1S/C14H20N2O2/c1-16(11-12-6-3-2-4-7-12)14(17)18-13-8-5-9-15-10-13/h2-4,6-7,13,15H,5,8-11H2,1H3. The number of carbonyl (C=O) groups is 1. The summed E-state index contributed by atoms with van der Waals surface area (Å²) in [6.07, 6.45) is 1.80. The highest BCUT2D eigenvalue weighted by atomic mass is 16.6. The van der Waals surface area contributed by atoms with E-state index in [2.05, 4.69) is 5.32 Å². The van der Waals surface area contributed by atoms with Gasteiger partial charge in [0, 0.05) is 20.1 Å². The molecule has 1 saturated heterocycles. The highest BCUT2D eigenvalue weighted by Crippen LogP contribution is 2.09. The number of hydrogen-bond acceptors (Lipinski definition) is 3. The van der Waals surface area contributed by atoms with Gasteiger partial charge in [-0.3, -0.25) is 0 Å². The molecule has 0 aliphatic carbocycles. The zero-order valence-electron chi connectivity index (χ0n) is 10.8. The number of rotatable bonds is 3. The molecule has 1 amide bonds. The number of carbonyl (C=O) groups excluding carboxylic acids is 1. The van der Waals surface area contributed by atoms with Gasteiger partial charge in [0.2, 0.25) is 0 Å². The summed E-state index contributed by atoms with van der Waals surface area (Å²) in [6.45, 7) is 2.37. The average molecular weight is 248 g/mol. The molecule has 0 aromatic heterocycles. The van der Waals surface area contributed by atoms with Gasteiger partial charge in [-0.2, -0.15) is 0 Å². The molecule has 0 bridgehead atoms. The summed E-state index contributed by atoms with van der Waals surface area (Å²) in [5.41, 5.74) is 1.11. The minimum atomic E-state index is -0.243. The van der Waals surface area contributed by atoms with Crippen LogP contribution in [-0.2, 0) is 11.3 Å². The Bertz CT molecular complexity index is 375. The van der Waals surface area contributed by atoms with E-state index in [9.17, 15) is 4.79 Å². The first-order valence-electron chi connectivity index (χ1n) is 6.42. The van der Waals surface area contributed by atoms with Crippen LogP contribution in [0.25, 0.3) is 0 Å². The zero-order chi connectivity index (χ0) is 12.8. The van der Waals surface area contributed by atoms with E-state index in [1.54, 1.807) is 11.9 Å². The van der Waals surface area contributed by atoms with Gasteiger partial charge < -0.3 is 15.0 Å². The van der Waals surface area contributed by atoms with Crippen LogP contribution in [0, 0.1) is 0 Å². The molecule has 2 rings (SSSR count). The molecule has 1 unspecified atom stereocenters. The lowest BCUT2D eigenvalue weighted by Gasteiger charge is -2.25. The summed E-state index contributed by atoms with van der Waals surface area (Å²) in [6, 6.07) is 9.92. The molecule has 1 aliphatic rings. The summed E-state index contributed by atoms with van der Waals surface area (Å²) in [4.78, 5) is 13.5. The van der Waals surface area contributed by atoms with E-state index in [0.717, 1.165) is 31.5 Å². The molecular formula is C14H20N2O2. The summed E-state index contributed by atoms with van der Waals surface area (Å²) in [7, 11) is 1.77. The lowest BCUT2D eigenvalue weighted by atomic mass is 10.1. The first kappa shape index (κ1) is 12.9. The number of benzene rings is 1. The van der Waals surface area contributed by atoms with Gasteiger partial charge in [-0.15, -0.1) is 0 Å². The molecule has 0 spiro atoms. The fourth-order valence-electron chi connectivity index (χ4n) is 2.07. The lowest BCUT2D eigenvalue weighted by Crippen LogP contribution is -2.39. The quantitative estimate of drug-likeness (QED) is 0.889. The van der Waals surface area contributed by atoms with E-state index in [-0.39, 0.29) is 12.2 Å². The highest BCUT2D eigenvalue weighted by molar-refractivity contribution is 5.67. The molecular weight excluding hydrogens is 228 g/mol. The van der Waals surface area contributed by atoms with Crippen molar-refractivity contribution in [3.05, 3.63) is 35.9 Å². The Balaban J connectivity index is 1.81. The predicted molar refractivity (Wildman–Crippen MR) is 70.3 cm³/mol. The Kier molecular flexibility index (Phi) is 4.59. The molecule has 98 valence electrons. The second-order valence-electron chi connectivity index (χ2n) is 4.69. The SMILES string of the molecule is CN(Cc1ccccc1)C(=O)OC1CCCNC1. The third-order valence-corrected chi connectivity index (χ3v) is 3.09. The van der Waals surface area contributed by atoms with Gasteiger partial charge in [0.25, 0.3) is 0 Å². The van der Waals surface area contributed by atoms with Gasteiger partial charge in [0.1, 0.15) is 6.10 Å². The van der Waals surface area contributed by atoms with E-state index >= 15 is 0 Å². The average Bonchev–Trinajstić information content (AvgIpc) is 2.41. The van der Waals surface area contributed by atoms with Crippen molar-refractivity contribution < 1.29 is 9.53 Å². The van der Waals surface area contributed by atoms with Crippen molar-refractivity contribution in [2.75, 3.05) is 20.1 Å². The number of amides is 1. The number of piperidine rings is 1. The molecule has 4 heteroatoms. The van der Waals surface area contributed by atoms with Crippen molar-refractivity contribution >= 4 is 6.09 Å². The molecule has 1 aromatic carbocycles. The third kappa shape index (κ3) is 3.74. The first-order valence-corrected chi connectivity index (χ1v) is 6.42. The van der Waals surface area contributed by atoms with Crippen molar-refractivity contribution in [1.29, 1.82) is 0 Å². The van der Waals surface area contributed by atoms with Crippen molar-refractivity contribution in [3.63, 3.8) is 0 Å². The number of hydrogen-bond donors (Lipinski definition) is 1. The smallest absolute Gasteiger partial charge is 0.410 e. The summed E-state index contributed by atoms with van der Waals surface area (Å²) < 4.78 is 5.45. The Morgan fingerprint density at radius 2 is 2.22 bits per heavy atom. The van der Waals surface area contributed by atoms with Crippen LogP contribution in [-0.4, -0.2) is 37.2 Å². The molecule has 1 aromatic rings. The molecule has 4 nitrogen and oxygen atoms in total. The maximum absolute atomic E-state index is 11.9. The molecule has 1 aliphatic heterocycles. The number of nitrogens with one attached hydrogen (secondary N) is 1. The Morgan fingerprint density at radius 3 is 2.89 bits per heavy atom. The van der Waals surface area contributed by atoms with Crippen molar-refractivity contribution in [2.24, 2.45) is 0 Å². The lowest BCUT2D eigenvalue weighted by molar-refractivity contribution is 0.0558. The van der Waals surface area contributed by atoms with Gasteiger partial charge in [0.15, 0.2) is 0 Å². The number of ether oxygens (including phenoxy) is 1. The van der Waals surface area contributed by atoms with E-state index < -0.39 is 0 Å². The largest absolute Gasteiger partial charge is 0.445 e. The van der Waals surface area contributed by atoms with Crippen LogP contribution in [0.5, 0.6) is 0 Å². The predicted octanol–water partition coefficient (Wildman–Crippen LogP) is 2.01. The van der Waals surface area contributed by atoms with Gasteiger partial charge in [-0.05, 0) is 24.9 Å². The Hall–Kier alpha value is -1.55. The highest BCUT2D eigenvalue weighted by Gasteiger charge is 2.19. The monoisotopic (exact) mass is 248 g/mol. The summed E-state index contributed by atoms with van der Waals surface area (Å²) in [5.74, 6) is 0. The van der Waals surface area contributed by atoms with E-state index in [1.165, 1.54) is 0 Å². The molecule has 0 radical (unpaired) electrons. The number of nitrogens with zero attached hydrogens (tertiary/aromatic N) is 1. The van der Waals surface area contributed by atoms with Crippen LogP contribution in [0.4, 0.5) is 4.79 Å². The molecule has 0 saturated carbocycles. The van der Waals surface area contributed by atoms with Crippen LogP contribution in [0.2, 0.25) is 0 Å². The normalized spacial score (nSPS) is 19.3. The second kappa shape index (κ2) is 6.40. The van der Waals surface area contributed by atoms with Crippen molar-refractivity contribution in [3.8, 4) is 0 Å². The van der Waals surface area contributed by atoms with Crippen LogP contribution in [0.1, 0.15) is 18.4 Å². The third-order valence-electron chi connectivity index (χ3n) is 3.09. The second-order valence-corrected chi connectivity index (χ2v) is 4.69. The van der Waals surface area contributed by atoms with Crippen LogP contribution in [0.3, 0.4) is 0 Å². The van der Waals surface area contributed by atoms with Crippen molar-refractivity contribution in [2.45, 2.75) is 25.5 Å². The Labute approximate surface area is 108 Å². The fraction of sp³-hybridized carbons (Fsp3) is 0.500. The van der Waals surface area contributed by atoms with Gasteiger partial charge >= 0.3 is 6.09 Å². The molecule has 1 N–H and O–H groups in total. The molecule has 18 heavy (non-hydrogen) atoms. The molecule has 1 fully saturated rings. The topological polar surface area (TPSA) is 41.6 Å². The minimum Gasteiger partial charge on any atom is -0.445 e. The van der Waals surface area contributed by atoms with Gasteiger partial charge in [-0.25, -0.2) is 4.79 Å². The molecule has 1 atom stereocenters. The van der Waals surface area contributed by atoms with Gasteiger partial charge in [0.05, 0.1) is 0 Å².